The quantitative estimate of drug-likeness (QED) is 0.739. The Morgan fingerprint density at radius 2 is 2.17 bits per heavy atom. The molecule has 2 heterocycles. The Kier molecular flexibility index (Phi) is 5.44. The summed E-state index contributed by atoms with van der Waals surface area (Å²) in [7, 11) is -3.55. The van der Waals surface area contributed by atoms with E-state index in [2.05, 4.69) is 42.7 Å². The van der Waals surface area contributed by atoms with Gasteiger partial charge < -0.3 is 4.90 Å². The molecule has 1 aromatic carbocycles. The molecule has 0 unspecified atom stereocenters. The molecule has 8 heteroatoms. The number of hydrogen-bond acceptors (Lipinski definition) is 4. The Bertz CT molecular complexity index is 814. The van der Waals surface area contributed by atoms with Gasteiger partial charge in [0.15, 0.2) is 0 Å². The van der Waals surface area contributed by atoms with Crippen LogP contribution in [0.15, 0.2) is 52.0 Å². The van der Waals surface area contributed by atoms with Gasteiger partial charge in [0.1, 0.15) is 10.0 Å². The van der Waals surface area contributed by atoms with Crippen LogP contribution in [0.25, 0.3) is 0 Å². The van der Waals surface area contributed by atoms with Gasteiger partial charge in [0.2, 0.25) is 10.0 Å². The summed E-state index contributed by atoms with van der Waals surface area (Å²) in [4.78, 5) is 6.22. The van der Waals surface area contributed by atoms with E-state index in [9.17, 15) is 8.42 Å². The maximum Gasteiger partial charge on any atom is 0.242 e. The second-order valence-corrected chi connectivity index (χ2v) is 8.82. The average Bonchev–Trinajstić information content (AvgIpc) is 3.03. The highest BCUT2D eigenvalue weighted by atomic mass is 79.9. The van der Waals surface area contributed by atoms with E-state index in [1.165, 1.54) is 18.3 Å². The second kappa shape index (κ2) is 7.39. The zero-order chi connectivity index (χ0) is 17.2. The molecule has 3 rings (SSSR count). The third-order valence-corrected chi connectivity index (χ3v) is 6.16. The van der Waals surface area contributed by atoms with Crippen molar-refractivity contribution in [3.63, 3.8) is 0 Å². The van der Waals surface area contributed by atoms with Crippen molar-refractivity contribution in [2.75, 3.05) is 24.5 Å². The van der Waals surface area contributed by atoms with Gasteiger partial charge in [0, 0.05) is 36.0 Å². The highest BCUT2D eigenvalue weighted by molar-refractivity contribution is 9.10. The van der Waals surface area contributed by atoms with Crippen LogP contribution in [0.4, 0.5) is 5.69 Å². The van der Waals surface area contributed by atoms with Crippen LogP contribution in [0.3, 0.4) is 0 Å². The van der Waals surface area contributed by atoms with E-state index in [0.29, 0.717) is 6.54 Å². The molecule has 24 heavy (non-hydrogen) atoms. The molecular weight excluding hydrogens is 414 g/mol. The minimum atomic E-state index is -3.55. The lowest BCUT2D eigenvalue weighted by Gasteiger charge is -2.19. The summed E-state index contributed by atoms with van der Waals surface area (Å²) in [6.45, 7) is 2.17. The van der Waals surface area contributed by atoms with Crippen LogP contribution in [0, 0.1) is 5.92 Å². The van der Waals surface area contributed by atoms with Gasteiger partial charge in [-0.1, -0.05) is 33.6 Å². The Hall–Kier alpha value is -1.15. The van der Waals surface area contributed by atoms with E-state index in [-0.39, 0.29) is 16.0 Å². The molecule has 0 bridgehead atoms. The molecule has 0 amide bonds. The first-order chi connectivity index (χ1) is 11.4. The van der Waals surface area contributed by atoms with Crippen molar-refractivity contribution in [2.24, 2.45) is 5.92 Å². The summed E-state index contributed by atoms with van der Waals surface area (Å²) in [6, 6.07) is 11.1. The van der Waals surface area contributed by atoms with Gasteiger partial charge in [-0.05, 0) is 42.7 Å². The van der Waals surface area contributed by atoms with Crippen molar-refractivity contribution in [3.05, 3.63) is 52.2 Å². The summed E-state index contributed by atoms with van der Waals surface area (Å²) in [6.07, 6.45) is 2.22. The summed E-state index contributed by atoms with van der Waals surface area (Å²) < 4.78 is 28.3. The van der Waals surface area contributed by atoms with Crippen molar-refractivity contribution in [1.29, 1.82) is 0 Å². The zero-order valence-electron chi connectivity index (χ0n) is 12.8. The minimum Gasteiger partial charge on any atom is -0.371 e. The number of aromatic nitrogens is 1. The van der Waals surface area contributed by atoms with Crippen LogP contribution in [0.1, 0.15) is 6.42 Å². The summed E-state index contributed by atoms with van der Waals surface area (Å²) in [5, 5.41) is 0.273. The number of sulfonamides is 1. The lowest BCUT2D eigenvalue weighted by atomic mass is 10.1. The summed E-state index contributed by atoms with van der Waals surface area (Å²) in [5.41, 5.74) is 1.15. The molecular formula is C16H17BrClN3O2S. The van der Waals surface area contributed by atoms with Gasteiger partial charge in [-0.25, -0.2) is 18.1 Å². The number of halogens is 2. The van der Waals surface area contributed by atoms with E-state index in [1.54, 1.807) is 0 Å². The molecule has 1 aliphatic heterocycles. The van der Waals surface area contributed by atoms with Crippen molar-refractivity contribution in [3.8, 4) is 0 Å². The molecule has 1 fully saturated rings. The molecule has 0 aliphatic carbocycles. The Balaban J connectivity index is 1.59. The van der Waals surface area contributed by atoms with E-state index in [1.807, 2.05) is 12.1 Å². The van der Waals surface area contributed by atoms with Crippen LogP contribution in [-0.4, -0.2) is 33.0 Å². The first-order valence-corrected chi connectivity index (χ1v) is 10.2. The molecule has 2 aromatic rings. The zero-order valence-corrected chi connectivity index (χ0v) is 16.0. The van der Waals surface area contributed by atoms with Crippen molar-refractivity contribution in [1.82, 2.24) is 9.71 Å². The molecule has 1 aliphatic rings. The van der Waals surface area contributed by atoms with Crippen molar-refractivity contribution < 1.29 is 8.42 Å². The van der Waals surface area contributed by atoms with Crippen LogP contribution in [0.2, 0.25) is 5.15 Å². The fourth-order valence-electron chi connectivity index (χ4n) is 2.74. The van der Waals surface area contributed by atoms with Crippen LogP contribution < -0.4 is 9.62 Å². The maximum atomic E-state index is 12.3. The first kappa shape index (κ1) is 17.7. The number of hydrogen-bond donors (Lipinski definition) is 1. The number of benzene rings is 1. The van der Waals surface area contributed by atoms with E-state index < -0.39 is 10.0 Å². The minimum absolute atomic E-state index is 0.133. The van der Waals surface area contributed by atoms with E-state index in [0.717, 1.165) is 29.7 Å². The summed E-state index contributed by atoms with van der Waals surface area (Å²) in [5.74, 6) is 0.277. The number of nitrogens with one attached hydrogen (secondary N) is 1. The molecule has 0 spiro atoms. The van der Waals surface area contributed by atoms with Gasteiger partial charge in [-0.15, -0.1) is 0 Å². The largest absolute Gasteiger partial charge is 0.371 e. The number of pyridine rings is 1. The van der Waals surface area contributed by atoms with E-state index in [4.69, 9.17) is 11.6 Å². The molecule has 0 radical (unpaired) electrons. The highest BCUT2D eigenvalue weighted by Gasteiger charge is 2.25. The lowest BCUT2D eigenvalue weighted by Crippen LogP contribution is -2.31. The monoisotopic (exact) mass is 429 g/mol. The molecule has 128 valence electrons. The predicted octanol–water partition coefficient (Wildman–Crippen LogP) is 3.30. The van der Waals surface area contributed by atoms with Crippen LogP contribution >= 0.6 is 27.5 Å². The maximum absolute atomic E-state index is 12.3. The Labute approximate surface area is 155 Å². The van der Waals surface area contributed by atoms with Gasteiger partial charge in [0.05, 0.1) is 0 Å². The molecule has 1 saturated heterocycles. The van der Waals surface area contributed by atoms with Crippen molar-refractivity contribution >= 4 is 43.2 Å². The predicted molar refractivity (Wildman–Crippen MR) is 98.9 cm³/mol. The summed E-state index contributed by atoms with van der Waals surface area (Å²) >= 11 is 9.17. The van der Waals surface area contributed by atoms with E-state index >= 15 is 0 Å². The highest BCUT2D eigenvalue weighted by Crippen LogP contribution is 2.26. The van der Waals surface area contributed by atoms with Gasteiger partial charge in [-0.3, -0.25) is 0 Å². The molecule has 1 N–H and O–H groups in total. The van der Waals surface area contributed by atoms with Gasteiger partial charge >= 0.3 is 0 Å². The number of anilines is 1. The SMILES string of the molecule is O=S(=O)(NC[C@@H]1CCN(c2cccc(Br)c2)C1)c1ccc(Cl)nc1. The Morgan fingerprint density at radius 3 is 2.88 bits per heavy atom. The van der Waals surface area contributed by atoms with Gasteiger partial charge in [0.25, 0.3) is 0 Å². The Morgan fingerprint density at radius 1 is 1.33 bits per heavy atom. The first-order valence-electron chi connectivity index (χ1n) is 7.56. The third-order valence-electron chi connectivity index (χ3n) is 4.03. The standard InChI is InChI=1S/C16H17BrClN3O2S/c17-13-2-1-3-14(8-13)21-7-6-12(11-21)9-20-24(22,23)15-4-5-16(18)19-10-15/h1-5,8,10,12,20H,6-7,9,11H2/t12-/m0/s1. The van der Waals surface area contributed by atoms with Crippen molar-refractivity contribution in [2.45, 2.75) is 11.3 Å². The third kappa shape index (κ3) is 4.27. The smallest absolute Gasteiger partial charge is 0.242 e. The molecule has 5 nitrogen and oxygen atoms in total. The lowest BCUT2D eigenvalue weighted by molar-refractivity contribution is 0.541. The molecule has 1 aromatic heterocycles. The topological polar surface area (TPSA) is 62.3 Å². The molecule has 1 atom stereocenters. The number of nitrogens with zero attached hydrogens (tertiary/aromatic N) is 2. The van der Waals surface area contributed by atoms with Crippen LogP contribution in [-0.2, 0) is 10.0 Å². The fraction of sp³-hybridized carbons (Fsp3) is 0.312. The molecule has 0 saturated carbocycles. The average molecular weight is 431 g/mol. The fourth-order valence-corrected chi connectivity index (χ4v) is 4.30. The van der Waals surface area contributed by atoms with Gasteiger partial charge in [-0.2, -0.15) is 0 Å². The van der Waals surface area contributed by atoms with Crippen LogP contribution in [0.5, 0.6) is 0 Å². The second-order valence-electron chi connectivity index (χ2n) is 5.75. The number of rotatable bonds is 5. The normalized spacial score (nSPS) is 18.1.